The fourth-order valence-corrected chi connectivity index (χ4v) is 8.14. The van der Waals surface area contributed by atoms with Crippen LogP contribution in [-0.2, 0) is 23.0 Å². The van der Waals surface area contributed by atoms with Crippen molar-refractivity contribution in [1.29, 1.82) is 0 Å². The van der Waals surface area contributed by atoms with Gasteiger partial charge in [-0.25, -0.2) is 8.42 Å². The Bertz CT molecular complexity index is 1220. The molecular weight excluding hydrogens is 496 g/mol. The van der Waals surface area contributed by atoms with Gasteiger partial charge < -0.3 is 10.6 Å². The predicted molar refractivity (Wildman–Crippen MR) is 143 cm³/mol. The number of amides is 2. The van der Waals surface area contributed by atoms with Crippen LogP contribution >= 0.6 is 11.3 Å². The van der Waals surface area contributed by atoms with Gasteiger partial charge in [-0.05, 0) is 69.4 Å². The molecule has 0 bridgehead atoms. The topological polar surface area (TPSA) is 98.8 Å². The molecule has 0 spiro atoms. The molecule has 2 aromatic rings. The smallest absolute Gasteiger partial charge is 0.256 e. The highest BCUT2D eigenvalue weighted by molar-refractivity contribution is 7.89. The lowest BCUT2D eigenvalue weighted by Crippen LogP contribution is -2.43. The SMILES string of the molecule is CCC1CCCCN1S(=O)(=O)c1ccc(C(=O)Nc2sc3c(c2C(=O)NC)CCN(C(C)C)C3)cc1. The van der Waals surface area contributed by atoms with Crippen LogP contribution in [0.5, 0.6) is 0 Å². The summed E-state index contributed by atoms with van der Waals surface area (Å²) in [5.74, 6) is -0.581. The van der Waals surface area contributed by atoms with Crippen molar-refractivity contribution in [3.8, 4) is 0 Å². The molecule has 1 aromatic carbocycles. The molecule has 8 nitrogen and oxygen atoms in total. The first kappa shape index (κ1) is 26.8. The van der Waals surface area contributed by atoms with Crippen LogP contribution in [0.2, 0.25) is 0 Å². The quantitative estimate of drug-likeness (QED) is 0.560. The molecule has 2 aliphatic rings. The Morgan fingerprint density at radius 1 is 1.11 bits per heavy atom. The highest BCUT2D eigenvalue weighted by Crippen LogP contribution is 2.38. The molecule has 1 saturated heterocycles. The number of thiophene rings is 1. The average molecular weight is 533 g/mol. The van der Waals surface area contributed by atoms with Crippen LogP contribution in [0.4, 0.5) is 5.00 Å². The van der Waals surface area contributed by atoms with Crippen molar-refractivity contribution in [2.24, 2.45) is 0 Å². The van der Waals surface area contributed by atoms with Gasteiger partial charge in [0.2, 0.25) is 10.0 Å². The van der Waals surface area contributed by atoms with Crippen molar-refractivity contribution < 1.29 is 18.0 Å². The predicted octanol–water partition coefficient (Wildman–Crippen LogP) is 4.08. The molecule has 36 heavy (non-hydrogen) atoms. The Balaban J connectivity index is 1.55. The van der Waals surface area contributed by atoms with Crippen LogP contribution in [0.15, 0.2) is 29.2 Å². The zero-order valence-corrected chi connectivity index (χ0v) is 23.1. The lowest BCUT2D eigenvalue weighted by Gasteiger charge is -2.34. The second-order valence-corrected chi connectivity index (χ2v) is 12.7. The van der Waals surface area contributed by atoms with Gasteiger partial charge >= 0.3 is 0 Å². The number of benzene rings is 1. The van der Waals surface area contributed by atoms with E-state index in [1.54, 1.807) is 23.5 Å². The molecule has 10 heteroatoms. The summed E-state index contributed by atoms with van der Waals surface area (Å²) >= 11 is 1.44. The highest BCUT2D eigenvalue weighted by atomic mass is 32.2. The molecule has 0 saturated carbocycles. The summed E-state index contributed by atoms with van der Waals surface area (Å²) in [6.45, 7) is 8.46. The highest BCUT2D eigenvalue weighted by Gasteiger charge is 2.33. The lowest BCUT2D eigenvalue weighted by atomic mass is 10.0. The summed E-state index contributed by atoms with van der Waals surface area (Å²) in [6.07, 6.45) is 4.33. The molecule has 4 rings (SSSR count). The first-order chi connectivity index (χ1) is 17.2. The first-order valence-corrected chi connectivity index (χ1v) is 15.0. The zero-order chi connectivity index (χ0) is 26.0. The van der Waals surface area contributed by atoms with E-state index in [0.29, 0.717) is 28.7 Å². The monoisotopic (exact) mass is 532 g/mol. The van der Waals surface area contributed by atoms with Crippen molar-refractivity contribution in [1.82, 2.24) is 14.5 Å². The number of hydrogen-bond donors (Lipinski definition) is 2. The number of nitrogens with zero attached hydrogens (tertiary/aromatic N) is 2. The van der Waals surface area contributed by atoms with Gasteiger partial charge in [-0.15, -0.1) is 11.3 Å². The fraction of sp³-hybridized carbons (Fsp3) is 0.538. The first-order valence-electron chi connectivity index (χ1n) is 12.7. The van der Waals surface area contributed by atoms with Crippen molar-refractivity contribution in [2.75, 3.05) is 25.5 Å². The van der Waals surface area contributed by atoms with Crippen LogP contribution in [0.3, 0.4) is 0 Å². The molecule has 0 radical (unpaired) electrons. The third kappa shape index (κ3) is 5.22. The van der Waals surface area contributed by atoms with Gasteiger partial charge in [-0.2, -0.15) is 4.31 Å². The number of sulfonamides is 1. The summed E-state index contributed by atoms with van der Waals surface area (Å²) in [6, 6.07) is 6.51. The number of piperidine rings is 1. The van der Waals surface area contributed by atoms with E-state index >= 15 is 0 Å². The summed E-state index contributed by atoms with van der Waals surface area (Å²) < 4.78 is 28.1. The number of anilines is 1. The minimum absolute atomic E-state index is 0.0198. The van der Waals surface area contributed by atoms with Gasteiger partial charge in [-0.1, -0.05) is 13.3 Å². The molecule has 3 heterocycles. The normalized spacial score (nSPS) is 19.2. The van der Waals surface area contributed by atoms with E-state index in [1.807, 2.05) is 6.92 Å². The van der Waals surface area contributed by atoms with E-state index in [-0.39, 0.29) is 22.8 Å². The molecule has 1 unspecified atom stereocenters. The maximum Gasteiger partial charge on any atom is 0.256 e. The van der Waals surface area contributed by atoms with Gasteiger partial charge in [0.1, 0.15) is 5.00 Å². The summed E-state index contributed by atoms with van der Waals surface area (Å²) in [5, 5.41) is 6.15. The van der Waals surface area contributed by atoms with E-state index in [4.69, 9.17) is 0 Å². The molecule has 196 valence electrons. The minimum atomic E-state index is -3.61. The number of fused-ring (bicyclic) bond motifs is 1. The van der Waals surface area contributed by atoms with Crippen LogP contribution < -0.4 is 10.6 Å². The van der Waals surface area contributed by atoms with Crippen molar-refractivity contribution >= 4 is 38.2 Å². The molecule has 1 fully saturated rings. The Kier molecular flexibility index (Phi) is 8.18. The Morgan fingerprint density at radius 3 is 2.47 bits per heavy atom. The van der Waals surface area contributed by atoms with E-state index in [9.17, 15) is 18.0 Å². The molecule has 2 amide bonds. The Hall–Kier alpha value is -2.27. The van der Waals surface area contributed by atoms with Crippen molar-refractivity contribution in [2.45, 2.75) is 76.4 Å². The van der Waals surface area contributed by atoms with Crippen LogP contribution in [0.1, 0.15) is 77.6 Å². The third-order valence-corrected chi connectivity index (χ3v) is 10.4. The molecule has 1 atom stereocenters. The summed E-state index contributed by atoms with van der Waals surface area (Å²) in [5.41, 5.74) is 1.88. The number of hydrogen-bond acceptors (Lipinski definition) is 6. The zero-order valence-electron chi connectivity index (χ0n) is 21.5. The second kappa shape index (κ2) is 11.0. The molecular formula is C26H36N4O4S2. The lowest BCUT2D eigenvalue weighted by molar-refractivity contribution is 0.0962. The fourth-order valence-electron chi connectivity index (χ4n) is 5.10. The molecule has 0 aliphatic carbocycles. The van der Waals surface area contributed by atoms with E-state index < -0.39 is 10.0 Å². The van der Waals surface area contributed by atoms with Crippen molar-refractivity contribution in [3.63, 3.8) is 0 Å². The van der Waals surface area contributed by atoms with Gasteiger partial charge in [0, 0.05) is 49.2 Å². The molecule has 2 N–H and O–H groups in total. The van der Waals surface area contributed by atoms with Gasteiger partial charge in [0.05, 0.1) is 10.5 Å². The van der Waals surface area contributed by atoms with E-state index in [2.05, 4.69) is 29.4 Å². The molecule has 2 aliphatic heterocycles. The number of carbonyl (C=O) groups is 2. The standard InChI is InChI=1S/C26H36N4O4S2/c1-5-19-8-6-7-14-30(19)36(33,34)20-11-9-18(10-12-20)24(31)28-26-23(25(32)27-4)21-13-15-29(17(2)3)16-22(21)35-26/h9-12,17,19H,5-8,13-16H2,1-4H3,(H,27,32)(H,28,31). The van der Waals surface area contributed by atoms with Crippen LogP contribution in [0, 0.1) is 0 Å². The maximum absolute atomic E-state index is 13.2. The Labute approximate surface area is 218 Å². The average Bonchev–Trinajstić information content (AvgIpc) is 3.25. The van der Waals surface area contributed by atoms with Gasteiger partial charge in [-0.3, -0.25) is 14.5 Å². The number of nitrogens with one attached hydrogen (secondary N) is 2. The van der Waals surface area contributed by atoms with Gasteiger partial charge in [0.15, 0.2) is 0 Å². The van der Waals surface area contributed by atoms with Gasteiger partial charge in [0.25, 0.3) is 11.8 Å². The van der Waals surface area contributed by atoms with Crippen molar-refractivity contribution in [3.05, 3.63) is 45.8 Å². The number of carbonyl (C=O) groups excluding carboxylic acids is 2. The third-order valence-electron chi connectivity index (χ3n) is 7.27. The summed E-state index contributed by atoms with van der Waals surface area (Å²) in [4.78, 5) is 29.5. The largest absolute Gasteiger partial charge is 0.355 e. The number of rotatable bonds is 7. The minimum Gasteiger partial charge on any atom is -0.355 e. The molecule has 1 aromatic heterocycles. The Morgan fingerprint density at radius 2 is 1.83 bits per heavy atom. The van der Waals surface area contributed by atoms with E-state index in [1.165, 1.54) is 23.5 Å². The van der Waals surface area contributed by atoms with E-state index in [0.717, 1.165) is 55.6 Å². The maximum atomic E-state index is 13.2. The summed E-state index contributed by atoms with van der Waals surface area (Å²) in [7, 11) is -2.03. The van der Waals surface area contributed by atoms with Crippen LogP contribution in [0.25, 0.3) is 0 Å². The van der Waals surface area contributed by atoms with Crippen LogP contribution in [-0.4, -0.2) is 61.7 Å². The second-order valence-electron chi connectivity index (χ2n) is 9.75.